The van der Waals surface area contributed by atoms with Gasteiger partial charge in [0.15, 0.2) is 0 Å². The van der Waals surface area contributed by atoms with Gasteiger partial charge in [-0.05, 0) is 31.9 Å². The molecule has 0 atom stereocenters. The van der Waals surface area contributed by atoms with Gasteiger partial charge in [-0.15, -0.1) is 0 Å². The van der Waals surface area contributed by atoms with E-state index >= 15 is 0 Å². The molecule has 0 aromatic carbocycles. The second-order valence-electron chi connectivity index (χ2n) is 4.62. The van der Waals surface area contributed by atoms with Gasteiger partial charge in [-0.1, -0.05) is 18.6 Å². The highest BCUT2D eigenvalue weighted by Gasteiger charge is 2.15. The van der Waals surface area contributed by atoms with Gasteiger partial charge in [0.1, 0.15) is 5.82 Å². The molecule has 0 amide bonds. The summed E-state index contributed by atoms with van der Waals surface area (Å²) in [5.41, 5.74) is 2.46. The van der Waals surface area contributed by atoms with E-state index in [1.165, 1.54) is 5.57 Å². The Morgan fingerprint density at radius 1 is 1.50 bits per heavy atom. The van der Waals surface area contributed by atoms with Gasteiger partial charge in [0.05, 0.1) is 5.56 Å². The summed E-state index contributed by atoms with van der Waals surface area (Å²) in [5, 5.41) is 9.12. The molecule has 1 aromatic rings. The molecule has 0 saturated heterocycles. The fourth-order valence-corrected chi connectivity index (χ4v) is 2.15. The van der Waals surface area contributed by atoms with Crippen LogP contribution in [0.4, 0.5) is 5.82 Å². The van der Waals surface area contributed by atoms with E-state index in [9.17, 15) is 4.79 Å². The van der Waals surface area contributed by atoms with Gasteiger partial charge < -0.3 is 10.0 Å². The third-order valence-corrected chi connectivity index (χ3v) is 3.13. The largest absolute Gasteiger partial charge is 0.478 e. The minimum absolute atomic E-state index is 0.323. The third-order valence-electron chi connectivity index (χ3n) is 3.13. The topological polar surface area (TPSA) is 53.4 Å². The number of pyridine rings is 1. The summed E-state index contributed by atoms with van der Waals surface area (Å²) in [6.45, 7) is 5.81. The van der Waals surface area contributed by atoms with E-state index in [4.69, 9.17) is 5.11 Å². The van der Waals surface area contributed by atoms with E-state index in [1.54, 1.807) is 12.1 Å². The second kappa shape index (κ2) is 5.21. The maximum atomic E-state index is 11.1. The molecule has 1 aromatic heterocycles. The Morgan fingerprint density at radius 2 is 2.28 bits per heavy atom. The molecular weight excluding hydrogens is 228 g/mol. The molecule has 4 nitrogen and oxygen atoms in total. The fourth-order valence-electron chi connectivity index (χ4n) is 2.15. The normalized spacial score (nSPS) is 15.4. The van der Waals surface area contributed by atoms with Crippen molar-refractivity contribution in [1.29, 1.82) is 0 Å². The van der Waals surface area contributed by atoms with Crippen LogP contribution in [-0.4, -0.2) is 29.1 Å². The molecule has 0 aliphatic carbocycles. The molecule has 0 unspecified atom stereocenters. The lowest BCUT2D eigenvalue weighted by atomic mass is 10.1. The van der Waals surface area contributed by atoms with Crippen molar-refractivity contribution in [3.05, 3.63) is 35.0 Å². The van der Waals surface area contributed by atoms with Crippen LogP contribution < -0.4 is 4.90 Å². The van der Waals surface area contributed by atoms with Crippen LogP contribution in [0.2, 0.25) is 0 Å². The van der Waals surface area contributed by atoms with E-state index in [0.717, 1.165) is 37.4 Å². The number of aromatic carboxylic acids is 1. The van der Waals surface area contributed by atoms with Gasteiger partial charge in [0.2, 0.25) is 0 Å². The van der Waals surface area contributed by atoms with Crippen molar-refractivity contribution < 1.29 is 9.90 Å². The number of carbonyl (C=O) groups is 1. The number of rotatable bonds is 3. The van der Waals surface area contributed by atoms with Gasteiger partial charge in [-0.2, -0.15) is 0 Å². The number of carboxylic acid groups (broad SMARTS) is 1. The summed E-state index contributed by atoms with van der Waals surface area (Å²) >= 11 is 0. The molecule has 96 valence electrons. The number of nitrogens with zero attached hydrogens (tertiary/aromatic N) is 2. The molecule has 0 spiro atoms. The van der Waals surface area contributed by atoms with E-state index in [2.05, 4.69) is 22.9 Å². The minimum Gasteiger partial charge on any atom is -0.478 e. The van der Waals surface area contributed by atoms with Crippen molar-refractivity contribution in [2.75, 3.05) is 18.0 Å². The zero-order valence-corrected chi connectivity index (χ0v) is 10.8. The SMILES string of the molecule is CCc1cc(C(=O)O)cc(N2CCC=C(C)C2)n1. The molecule has 1 aliphatic rings. The number of aromatic nitrogens is 1. The predicted molar refractivity (Wildman–Crippen MR) is 71.2 cm³/mol. The van der Waals surface area contributed by atoms with Crippen LogP contribution in [0.1, 0.15) is 36.3 Å². The number of hydrogen-bond donors (Lipinski definition) is 1. The van der Waals surface area contributed by atoms with Gasteiger partial charge in [0.25, 0.3) is 0 Å². The molecule has 1 aliphatic heterocycles. The summed E-state index contributed by atoms with van der Waals surface area (Å²) in [4.78, 5) is 17.8. The van der Waals surface area contributed by atoms with Crippen LogP contribution in [-0.2, 0) is 6.42 Å². The van der Waals surface area contributed by atoms with Gasteiger partial charge in [0, 0.05) is 18.8 Å². The van der Waals surface area contributed by atoms with Crippen LogP contribution in [0.25, 0.3) is 0 Å². The number of anilines is 1. The van der Waals surface area contributed by atoms with E-state index in [0.29, 0.717) is 5.56 Å². The van der Waals surface area contributed by atoms with Crippen LogP contribution in [0.15, 0.2) is 23.8 Å². The summed E-state index contributed by atoms with van der Waals surface area (Å²) in [6.07, 6.45) is 3.96. The molecule has 2 heterocycles. The highest BCUT2D eigenvalue weighted by Crippen LogP contribution is 2.20. The maximum absolute atomic E-state index is 11.1. The van der Waals surface area contributed by atoms with Crippen LogP contribution in [0.5, 0.6) is 0 Å². The Bertz CT molecular complexity index is 495. The van der Waals surface area contributed by atoms with Crippen molar-refractivity contribution >= 4 is 11.8 Å². The number of aryl methyl sites for hydroxylation is 1. The molecule has 0 radical (unpaired) electrons. The van der Waals surface area contributed by atoms with Crippen molar-refractivity contribution in [3.63, 3.8) is 0 Å². The average Bonchev–Trinajstić information content (AvgIpc) is 2.38. The lowest BCUT2D eigenvalue weighted by Crippen LogP contribution is -2.30. The molecule has 1 N–H and O–H groups in total. The summed E-state index contributed by atoms with van der Waals surface area (Å²) in [6, 6.07) is 3.32. The molecule has 0 saturated carbocycles. The molecule has 4 heteroatoms. The monoisotopic (exact) mass is 246 g/mol. The summed E-state index contributed by atoms with van der Waals surface area (Å²) < 4.78 is 0. The van der Waals surface area contributed by atoms with Crippen molar-refractivity contribution in [2.45, 2.75) is 26.7 Å². The van der Waals surface area contributed by atoms with Gasteiger partial charge >= 0.3 is 5.97 Å². The van der Waals surface area contributed by atoms with Gasteiger partial charge in [-0.3, -0.25) is 0 Å². The Hall–Kier alpha value is -1.84. The Morgan fingerprint density at radius 3 is 2.89 bits per heavy atom. The predicted octanol–water partition coefficient (Wildman–Crippen LogP) is 2.50. The van der Waals surface area contributed by atoms with Crippen molar-refractivity contribution in [1.82, 2.24) is 4.98 Å². The fraction of sp³-hybridized carbons (Fsp3) is 0.429. The zero-order valence-electron chi connectivity index (χ0n) is 10.8. The molecule has 0 fully saturated rings. The maximum Gasteiger partial charge on any atom is 0.335 e. The third kappa shape index (κ3) is 2.70. The van der Waals surface area contributed by atoms with E-state index < -0.39 is 5.97 Å². The van der Waals surface area contributed by atoms with E-state index in [-0.39, 0.29) is 0 Å². The zero-order chi connectivity index (χ0) is 13.1. The van der Waals surface area contributed by atoms with Crippen molar-refractivity contribution in [3.8, 4) is 0 Å². The highest BCUT2D eigenvalue weighted by atomic mass is 16.4. The number of hydrogen-bond acceptors (Lipinski definition) is 3. The second-order valence-corrected chi connectivity index (χ2v) is 4.62. The van der Waals surface area contributed by atoms with Crippen LogP contribution in [0, 0.1) is 0 Å². The standard InChI is InChI=1S/C14H18N2O2/c1-3-12-7-11(14(17)18)8-13(15-12)16-6-4-5-10(2)9-16/h5,7-8H,3-4,6,9H2,1-2H3,(H,17,18). The van der Waals surface area contributed by atoms with Crippen LogP contribution >= 0.6 is 0 Å². The smallest absolute Gasteiger partial charge is 0.335 e. The molecule has 0 bridgehead atoms. The Balaban J connectivity index is 2.34. The van der Waals surface area contributed by atoms with E-state index in [1.807, 2.05) is 6.92 Å². The van der Waals surface area contributed by atoms with Crippen molar-refractivity contribution in [2.24, 2.45) is 0 Å². The first-order valence-electron chi connectivity index (χ1n) is 6.25. The van der Waals surface area contributed by atoms with Gasteiger partial charge in [-0.25, -0.2) is 9.78 Å². The first-order valence-corrected chi connectivity index (χ1v) is 6.25. The first kappa shape index (κ1) is 12.6. The average molecular weight is 246 g/mol. The number of carboxylic acids is 1. The molecule has 18 heavy (non-hydrogen) atoms. The lowest BCUT2D eigenvalue weighted by molar-refractivity contribution is 0.0696. The quantitative estimate of drug-likeness (QED) is 0.832. The minimum atomic E-state index is -0.891. The Labute approximate surface area is 107 Å². The Kier molecular flexibility index (Phi) is 3.65. The lowest BCUT2D eigenvalue weighted by Gasteiger charge is -2.27. The molecule has 2 rings (SSSR count). The summed E-state index contributed by atoms with van der Waals surface area (Å²) in [5.74, 6) is -0.114. The summed E-state index contributed by atoms with van der Waals surface area (Å²) in [7, 11) is 0. The molecular formula is C14H18N2O2. The highest BCUT2D eigenvalue weighted by molar-refractivity contribution is 5.88. The first-order chi connectivity index (χ1) is 8.60. The van der Waals surface area contributed by atoms with Crippen LogP contribution in [0.3, 0.4) is 0 Å².